The van der Waals surface area contributed by atoms with E-state index in [0.717, 1.165) is 12.1 Å². The van der Waals surface area contributed by atoms with Crippen LogP contribution in [0.3, 0.4) is 0 Å². The molecule has 0 fully saturated rings. The van der Waals surface area contributed by atoms with Crippen LogP contribution in [0.25, 0.3) is 0 Å². The van der Waals surface area contributed by atoms with Crippen LogP contribution < -0.4 is 10.5 Å². The van der Waals surface area contributed by atoms with E-state index in [4.69, 9.17) is 10.5 Å². The van der Waals surface area contributed by atoms with Crippen LogP contribution in [-0.4, -0.2) is 11.5 Å². The lowest BCUT2D eigenvalue weighted by atomic mass is 9.99. The van der Waals surface area contributed by atoms with Gasteiger partial charge in [0.15, 0.2) is 11.6 Å². The number of nitro benzene ring substituents is 1. The van der Waals surface area contributed by atoms with E-state index in [1.165, 1.54) is 0 Å². The molecule has 2 rings (SSSR count). The van der Waals surface area contributed by atoms with Gasteiger partial charge >= 0.3 is 0 Å². The van der Waals surface area contributed by atoms with E-state index in [9.17, 15) is 14.5 Å². The van der Waals surface area contributed by atoms with Gasteiger partial charge in [-0.2, -0.15) is 0 Å². The summed E-state index contributed by atoms with van der Waals surface area (Å²) >= 11 is 0. The molecule has 0 saturated heterocycles. The van der Waals surface area contributed by atoms with Gasteiger partial charge in [-0.05, 0) is 6.07 Å². The minimum atomic E-state index is -0.606. The van der Waals surface area contributed by atoms with Gasteiger partial charge in [-0.1, -0.05) is 0 Å². The number of ether oxygens (including phenoxy) is 1. The average Bonchev–Trinajstić information content (AvgIpc) is 2.19. The summed E-state index contributed by atoms with van der Waals surface area (Å²) < 4.78 is 18.3. The molecule has 1 aromatic rings. The molecule has 0 bridgehead atoms. The first-order chi connectivity index (χ1) is 7.11. The number of hydrogen-bond acceptors (Lipinski definition) is 4. The van der Waals surface area contributed by atoms with Gasteiger partial charge in [0.1, 0.15) is 0 Å². The molecule has 7 heteroatoms. The third-order valence-electron chi connectivity index (χ3n) is 2.37. The van der Waals surface area contributed by atoms with E-state index >= 15 is 0 Å². The summed E-state index contributed by atoms with van der Waals surface area (Å²) in [7, 11) is 0. The Labute approximate surface area is 96.9 Å². The van der Waals surface area contributed by atoms with Crippen LogP contribution in [0.5, 0.6) is 5.75 Å². The Balaban J connectivity index is 0.00000128. The summed E-state index contributed by atoms with van der Waals surface area (Å²) in [6, 6.07) is 1.60. The molecule has 5 nitrogen and oxygen atoms in total. The smallest absolute Gasteiger partial charge is 0.278 e. The fourth-order valence-electron chi connectivity index (χ4n) is 1.66. The Morgan fingerprint density at radius 3 is 2.88 bits per heavy atom. The maximum absolute atomic E-state index is 13.3. The fraction of sp³-hybridized carbons (Fsp3) is 0.333. The molecule has 1 heterocycles. The molecular formula is C9H10ClFN2O3. The van der Waals surface area contributed by atoms with Crippen LogP contribution in [0.4, 0.5) is 10.1 Å². The average molecular weight is 249 g/mol. The zero-order valence-electron chi connectivity index (χ0n) is 8.18. The van der Waals surface area contributed by atoms with Crippen molar-refractivity contribution in [3.63, 3.8) is 0 Å². The van der Waals surface area contributed by atoms with Crippen LogP contribution in [0.1, 0.15) is 18.0 Å². The highest BCUT2D eigenvalue weighted by Gasteiger charge is 2.30. The molecule has 16 heavy (non-hydrogen) atoms. The summed E-state index contributed by atoms with van der Waals surface area (Å²) in [6.07, 6.45) is 0.456. The van der Waals surface area contributed by atoms with Crippen LogP contribution >= 0.6 is 12.4 Å². The molecule has 1 aliphatic heterocycles. The number of fused-ring (bicyclic) bond motifs is 1. The SMILES string of the molecule is Cl.N[C@H]1CCOc2c(F)ccc([N+](=O)[O-])c21. The molecule has 0 aliphatic carbocycles. The lowest BCUT2D eigenvalue weighted by molar-refractivity contribution is -0.386. The molecule has 88 valence electrons. The Morgan fingerprint density at radius 2 is 2.25 bits per heavy atom. The normalized spacial score (nSPS) is 18.0. The Bertz CT molecular complexity index is 427. The van der Waals surface area contributed by atoms with Crippen molar-refractivity contribution in [2.45, 2.75) is 12.5 Å². The van der Waals surface area contributed by atoms with Gasteiger partial charge < -0.3 is 10.5 Å². The number of benzene rings is 1. The summed E-state index contributed by atoms with van der Waals surface area (Å²) in [6.45, 7) is 0.284. The molecule has 0 spiro atoms. The second-order valence-corrected chi connectivity index (χ2v) is 3.31. The van der Waals surface area contributed by atoms with Gasteiger partial charge in [0.05, 0.1) is 17.1 Å². The first-order valence-corrected chi connectivity index (χ1v) is 4.46. The van der Waals surface area contributed by atoms with E-state index in [0.29, 0.717) is 6.42 Å². The molecule has 1 aliphatic rings. The highest BCUT2D eigenvalue weighted by molar-refractivity contribution is 5.85. The Hall–Kier alpha value is -1.40. The maximum Gasteiger partial charge on any atom is 0.278 e. The summed E-state index contributed by atoms with van der Waals surface area (Å²) in [5.74, 6) is -0.686. The molecule has 0 amide bonds. The summed E-state index contributed by atoms with van der Waals surface area (Å²) in [5.41, 5.74) is 5.68. The number of halogens is 2. The minimum Gasteiger partial charge on any atom is -0.490 e. The third kappa shape index (κ3) is 1.94. The molecule has 2 N–H and O–H groups in total. The van der Waals surface area contributed by atoms with Crippen LogP contribution in [0, 0.1) is 15.9 Å². The minimum absolute atomic E-state index is 0. The van der Waals surface area contributed by atoms with Gasteiger partial charge in [0.25, 0.3) is 5.69 Å². The first-order valence-electron chi connectivity index (χ1n) is 4.46. The van der Waals surface area contributed by atoms with Gasteiger partial charge in [-0.25, -0.2) is 4.39 Å². The van der Waals surface area contributed by atoms with E-state index in [2.05, 4.69) is 0 Å². The first kappa shape index (κ1) is 12.7. The van der Waals surface area contributed by atoms with Gasteiger partial charge in [-0.3, -0.25) is 10.1 Å². The lowest BCUT2D eigenvalue weighted by Crippen LogP contribution is -2.22. The number of nitrogens with zero attached hydrogens (tertiary/aromatic N) is 1. The van der Waals surface area contributed by atoms with Crippen molar-refractivity contribution < 1.29 is 14.1 Å². The molecular weight excluding hydrogens is 239 g/mol. The molecule has 0 aromatic heterocycles. The van der Waals surface area contributed by atoms with Gasteiger partial charge in [-0.15, -0.1) is 12.4 Å². The molecule has 0 radical (unpaired) electrons. The zero-order valence-corrected chi connectivity index (χ0v) is 9.00. The van der Waals surface area contributed by atoms with Crippen molar-refractivity contribution in [3.8, 4) is 5.75 Å². The topological polar surface area (TPSA) is 78.4 Å². The third-order valence-corrected chi connectivity index (χ3v) is 2.37. The van der Waals surface area contributed by atoms with E-state index in [-0.39, 0.29) is 36.0 Å². The second kappa shape index (κ2) is 4.63. The zero-order chi connectivity index (χ0) is 11.0. The van der Waals surface area contributed by atoms with Crippen LogP contribution in [-0.2, 0) is 0 Å². The van der Waals surface area contributed by atoms with E-state index in [1.54, 1.807) is 0 Å². The number of hydrogen-bond donors (Lipinski definition) is 1. The number of nitrogens with two attached hydrogens (primary N) is 1. The Kier molecular flexibility index (Phi) is 3.66. The van der Waals surface area contributed by atoms with Gasteiger partial charge in [0, 0.05) is 18.5 Å². The number of rotatable bonds is 1. The maximum atomic E-state index is 13.3. The predicted octanol–water partition coefficient (Wildman–Crippen LogP) is 1.94. The summed E-state index contributed by atoms with van der Waals surface area (Å²) in [4.78, 5) is 10.1. The fourth-order valence-corrected chi connectivity index (χ4v) is 1.66. The van der Waals surface area contributed by atoms with Gasteiger partial charge in [0.2, 0.25) is 0 Å². The highest BCUT2D eigenvalue weighted by atomic mass is 35.5. The predicted molar refractivity (Wildman–Crippen MR) is 57.3 cm³/mol. The van der Waals surface area contributed by atoms with Crippen molar-refractivity contribution in [2.24, 2.45) is 5.73 Å². The largest absolute Gasteiger partial charge is 0.490 e. The molecule has 0 unspecified atom stereocenters. The molecule has 1 atom stereocenters. The van der Waals surface area contributed by atoms with Crippen LogP contribution in [0.2, 0.25) is 0 Å². The van der Waals surface area contributed by atoms with Crippen molar-refractivity contribution in [1.82, 2.24) is 0 Å². The lowest BCUT2D eigenvalue weighted by Gasteiger charge is -2.22. The van der Waals surface area contributed by atoms with Crippen molar-refractivity contribution in [1.29, 1.82) is 0 Å². The highest BCUT2D eigenvalue weighted by Crippen LogP contribution is 2.39. The molecule has 0 saturated carbocycles. The Morgan fingerprint density at radius 1 is 1.56 bits per heavy atom. The second-order valence-electron chi connectivity index (χ2n) is 3.31. The quantitative estimate of drug-likeness (QED) is 0.608. The monoisotopic (exact) mass is 248 g/mol. The van der Waals surface area contributed by atoms with E-state index in [1.807, 2.05) is 0 Å². The standard InChI is InChI=1S/C9H9FN2O3.ClH/c10-5-1-2-7(12(13)14)8-6(11)3-4-15-9(5)8;/h1-2,6H,3-4,11H2;1H/t6-;/m0./s1. The van der Waals surface area contributed by atoms with Crippen molar-refractivity contribution in [3.05, 3.63) is 33.6 Å². The number of nitro groups is 1. The van der Waals surface area contributed by atoms with Crippen LogP contribution in [0.15, 0.2) is 12.1 Å². The molecule has 1 aromatic carbocycles. The van der Waals surface area contributed by atoms with Crippen molar-refractivity contribution in [2.75, 3.05) is 6.61 Å². The summed E-state index contributed by atoms with van der Waals surface area (Å²) in [5, 5.41) is 10.7. The van der Waals surface area contributed by atoms with E-state index < -0.39 is 16.8 Å². The van der Waals surface area contributed by atoms with Crippen molar-refractivity contribution >= 4 is 18.1 Å².